The molecular formula is C12H12ClN3OS2. The van der Waals surface area contributed by atoms with Crippen molar-refractivity contribution in [3.63, 3.8) is 0 Å². The molecule has 0 aliphatic heterocycles. The summed E-state index contributed by atoms with van der Waals surface area (Å²) in [5.74, 6) is -0.106. The predicted octanol–water partition coefficient (Wildman–Crippen LogP) is 3.62. The lowest BCUT2D eigenvalue weighted by molar-refractivity contribution is -0.115. The Labute approximate surface area is 124 Å². The van der Waals surface area contributed by atoms with Gasteiger partial charge in [-0.15, -0.1) is 10.2 Å². The van der Waals surface area contributed by atoms with Gasteiger partial charge in [-0.3, -0.25) is 4.79 Å². The first-order valence-electron chi connectivity index (χ1n) is 5.58. The molecule has 100 valence electrons. The van der Waals surface area contributed by atoms with Crippen LogP contribution in [0.15, 0.2) is 28.6 Å². The molecule has 0 fully saturated rings. The first-order valence-corrected chi connectivity index (χ1v) is 7.66. The van der Waals surface area contributed by atoms with Crippen molar-refractivity contribution >= 4 is 46.3 Å². The van der Waals surface area contributed by atoms with E-state index in [4.69, 9.17) is 11.6 Å². The minimum Gasteiger partial charge on any atom is -0.324 e. The highest BCUT2D eigenvalue weighted by atomic mass is 35.5. The number of benzene rings is 1. The number of amides is 1. The van der Waals surface area contributed by atoms with Crippen LogP contribution in [0.5, 0.6) is 0 Å². The molecule has 0 spiro atoms. The lowest BCUT2D eigenvalue weighted by atomic mass is 10.3. The molecule has 0 saturated carbocycles. The van der Waals surface area contributed by atoms with E-state index in [9.17, 15) is 4.79 Å². The Morgan fingerprint density at radius 1 is 1.42 bits per heavy atom. The normalized spacial score (nSPS) is 12.2. The van der Waals surface area contributed by atoms with Gasteiger partial charge in [0.25, 0.3) is 0 Å². The van der Waals surface area contributed by atoms with Crippen molar-refractivity contribution in [1.29, 1.82) is 0 Å². The number of carbonyl (C=O) groups excluding carboxylic acids is 1. The van der Waals surface area contributed by atoms with Crippen molar-refractivity contribution in [2.75, 3.05) is 5.32 Å². The zero-order valence-corrected chi connectivity index (χ0v) is 12.8. The number of hydrogen-bond acceptors (Lipinski definition) is 5. The summed E-state index contributed by atoms with van der Waals surface area (Å²) in [5.41, 5.74) is 0.620. The highest BCUT2D eigenvalue weighted by Gasteiger charge is 2.17. The zero-order valence-electron chi connectivity index (χ0n) is 10.4. The SMILES string of the molecule is Cc1nnc(S[C@@H](C)C(=O)Nc2ccccc2Cl)s1. The first kappa shape index (κ1) is 14.3. The summed E-state index contributed by atoms with van der Waals surface area (Å²) in [5, 5.41) is 11.9. The topological polar surface area (TPSA) is 54.9 Å². The maximum atomic E-state index is 12.0. The van der Waals surface area contributed by atoms with Crippen LogP contribution in [0.2, 0.25) is 5.02 Å². The minimum absolute atomic E-state index is 0.106. The van der Waals surface area contributed by atoms with Gasteiger partial charge in [-0.05, 0) is 26.0 Å². The standard InChI is InChI=1S/C12H12ClN3OS2/c1-7(18-12-16-15-8(2)19-12)11(17)14-10-6-4-3-5-9(10)13/h3-7H,1-2H3,(H,14,17)/t7-/m0/s1. The molecule has 4 nitrogen and oxygen atoms in total. The third-order valence-electron chi connectivity index (χ3n) is 2.29. The number of anilines is 1. The van der Waals surface area contributed by atoms with Crippen LogP contribution in [0.3, 0.4) is 0 Å². The second kappa shape index (κ2) is 6.36. The Bertz CT molecular complexity index is 588. The molecule has 0 saturated heterocycles. The van der Waals surface area contributed by atoms with Gasteiger partial charge in [-0.2, -0.15) is 0 Å². The lowest BCUT2D eigenvalue weighted by Crippen LogP contribution is -2.22. The van der Waals surface area contributed by atoms with E-state index in [-0.39, 0.29) is 11.2 Å². The summed E-state index contributed by atoms with van der Waals surface area (Å²) in [6, 6.07) is 7.16. The fourth-order valence-corrected chi connectivity index (χ4v) is 3.47. The summed E-state index contributed by atoms with van der Waals surface area (Å²) < 4.78 is 0.791. The number of halogens is 1. The molecule has 0 aliphatic carbocycles. The first-order chi connectivity index (χ1) is 9.06. The minimum atomic E-state index is -0.261. The average molecular weight is 314 g/mol. The smallest absolute Gasteiger partial charge is 0.237 e. The van der Waals surface area contributed by atoms with Gasteiger partial charge in [-0.25, -0.2) is 0 Å². The zero-order chi connectivity index (χ0) is 13.8. The van der Waals surface area contributed by atoms with Crippen molar-refractivity contribution in [3.8, 4) is 0 Å². The molecule has 0 aliphatic rings. The van der Waals surface area contributed by atoms with Gasteiger partial charge in [0.2, 0.25) is 5.91 Å². The molecule has 1 aromatic heterocycles. The van der Waals surface area contributed by atoms with Gasteiger partial charge in [0.1, 0.15) is 5.01 Å². The van der Waals surface area contributed by atoms with Crippen LogP contribution in [0.25, 0.3) is 0 Å². The summed E-state index contributed by atoms with van der Waals surface area (Å²) in [4.78, 5) is 12.0. The molecule has 7 heteroatoms. The summed E-state index contributed by atoms with van der Waals surface area (Å²) >= 11 is 8.86. The summed E-state index contributed by atoms with van der Waals surface area (Å²) in [6.07, 6.45) is 0. The maximum absolute atomic E-state index is 12.0. The van der Waals surface area contributed by atoms with Crippen molar-refractivity contribution in [1.82, 2.24) is 10.2 Å². The Morgan fingerprint density at radius 2 is 2.16 bits per heavy atom. The number of hydrogen-bond donors (Lipinski definition) is 1. The summed E-state index contributed by atoms with van der Waals surface area (Å²) in [7, 11) is 0. The third kappa shape index (κ3) is 3.92. The van der Waals surface area contributed by atoms with Crippen molar-refractivity contribution < 1.29 is 4.79 Å². The number of aromatic nitrogens is 2. The lowest BCUT2D eigenvalue weighted by Gasteiger charge is -2.11. The van der Waals surface area contributed by atoms with Crippen LogP contribution < -0.4 is 5.32 Å². The van der Waals surface area contributed by atoms with Gasteiger partial charge in [0.05, 0.1) is 16.0 Å². The van der Waals surface area contributed by atoms with Crippen LogP contribution in [-0.2, 0) is 4.79 Å². The number of nitrogens with zero attached hydrogens (tertiary/aromatic N) is 2. The number of aryl methyl sites for hydroxylation is 1. The fraction of sp³-hybridized carbons (Fsp3) is 0.250. The van der Waals surface area contributed by atoms with Gasteiger partial charge < -0.3 is 5.32 Å². The van der Waals surface area contributed by atoms with Gasteiger partial charge in [-0.1, -0.05) is 46.8 Å². The molecule has 1 aromatic carbocycles. The largest absolute Gasteiger partial charge is 0.324 e. The number of thioether (sulfide) groups is 1. The third-order valence-corrected chi connectivity index (χ3v) is 4.64. The van der Waals surface area contributed by atoms with E-state index in [1.54, 1.807) is 12.1 Å². The monoisotopic (exact) mass is 313 g/mol. The molecule has 1 amide bonds. The van der Waals surface area contributed by atoms with E-state index in [1.165, 1.54) is 23.1 Å². The second-order valence-corrected chi connectivity index (χ2v) is 6.99. The number of rotatable bonds is 4. The Morgan fingerprint density at radius 3 is 2.79 bits per heavy atom. The summed E-state index contributed by atoms with van der Waals surface area (Å²) in [6.45, 7) is 3.71. The molecule has 2 aromatic rings. The number of nitrogens with one attached hydrogen (secondary N) is 1. The van der Waals surface area contributed by atoms with Crippen LogP contribution in [-0.4, -0.2) is 21.4 Å². The average Bonchev–Trinajstić information content (AvgIpc) is 2.77. The van der Waals surface area contributed by atoms with Gasteiger partial charge in [0.15, 0.2) is 4.34 Å². The Balaban J connectivity index is 1.98. The van der Waals surface area contributed by atoms with Crippen LogP contribution in [0.4, 0.5) is 5.69 Å². The van der Waals surface area contributed by atoms with E-state index >= 15 is 0 Å². The molecular weight excluding hydrogens is 302 g/mol. The molecule has 19 heavy (non-hydrogen) atoms. The van der Waals surface area contributed by atoms with E-state index in [0.717, 1.165) is 9.35 Å². The maximum Gasteiger partial charge on any atom is 0.237 e. The van der Waals surface area contributed by atoms with E-state index < -0.39 is 0 Å². The van der Waals surface area contributed by atoms with E-state index in [2.05, 4.69) is 15.5 Å². The molecule has 1 N–H and O–H groups in total. The van der Waals surface area contributed by atoms with E-state index in [1.807, 2.05) is 26.0 Å². The quantitative estimate of drug-likeness (QED) is 0.876. The Kier molecular flexibility index (Phi) is 4.79. The van der Waals surface area contributed by atoms with Crippen LogP contribution in [0, 0.1) is 6.92 Å². The molecule has 0 unspecified atom stereocenters. The fourth-order valence-electron chi connectivity index (χ4n) is 1.33. The highest BCUT2D eigenvalue weighted by Crippen LogP contribution is 2.28. The van der Waals surface area contributed by atoms with Gasteiger partial charge in [0, 0.05) is 0 Å². The molecule has 1 atom stereocenters. The van der Waals surface area contributed by atoms with E-state index in [0.29, 0.717) is 10.7 Å². The number of carbonyl (C=O) groups is 1. The van der Waals surface area contributed by atoms with Crippen molar-refractivity contribution in [2.45, 2.75) is 23.4 Å². The highest BCUT2D eigenvalue weighted by molar-refractivity contribution is 8.02. The van der Waals surface area contributed by atoms with Crippen molar-refractivity contribution in [2.24, 2.45) is 0 Å². The van der Waals surface area contributed by atoms with Crippen LogP contribution in [0.1, 0.15) is 11.9 Å². The van der Waals surface area contributed by atoms with Crippen molar-refractivity contribution in [3.05, 3.63) is 34.3 Å². The predicted molar refractivity (Wildman–Crippen MR) is 80.0 cm³/mol. The number of para-hydroxylation sites is 1. The van der Waals surface area contributed by atoms with Gasteiger partial charge >= 0.3 is 0 Å². The van der Waals surface area contributed by atoms with Crippen LogP contribution >= 0.6 is 34.7 Å². The molecule has 0 bridgehead atoms. The molecule has 0 radical (unpaired) electrons. The second-order valence-electron chi connectivity index (χ2n) is 3.82. The molecule has 1 heterocycles. The Hall–Kier alpha value is -1.11. The molecule has 2 rings (SSSR count).